The molecule has 4 rings (SSSR count). The first kappa shape index (κ1) is 26.9. The molecule has 0 unspecified atom stereocenters. The Morgan fingerprint density at radius 2 is 2.03 bits per heavy atom. The van der Waals surface area contributed by atoms with Crippen molar-refractivity contribution in [2.45, 2.75) is 26.2 Å². The van der Waals surface area contributed by atoms with Crippen LogP contribution in [0.25, 0.3) is 5.70 Å². The maximum absolute atomic E-state index is 14.4. The third-order valence-electron chi connectivity index (χ3n) is 6.10. The van der Waals surface area contributed by atoms with Crippen LogP contribution in [0.3, 0.4) is 0 Å². The van der Waals surface area contributed by atoms with Gasteiger partial charge in [0.15, 0.2) is 0 Å². The van der Waals surface area contributed by atoms with Crippen LogP contribution in [0.4, 0.5) is 10.1 Å². The minimum absolute atomic E-state index is 0. The van der Waals surface area contributed by atoms with E-state index in [1.807, 2.05) is 52.3 Å². The number of amides is 1. The van der Waals surface area contributed by atoms with Crippen LogP contribution in [0.15, 0.2) is 60.2 Å². The van der Waals surface area contributed by atoms with Crippen molar-refractivity contribution in [2.24, 2.45) is 5.92 Å². The summed E-state index contributed by atoms with van der Waals surface area (Å²) in [4.78, 5) is 17.3. The first-order chi connectivity index (χ1) is 15.1. The van der Waals surface area contributed by atoms with E-state index in [1.54, 1.807) is 6.07 Å². The number of hydrogen-bond donors (Lipinski definition) is 0. The van der Waals surface area contributed by atoms with E-state index in [1.165, 1.54) is 18.6 Å². The molecule has 168 valence electrons. The van der Waals surface area contributed by atoms with E-state index in [0.29, 0.717) is 23.6 Å². The molecule has 2 aliphatic heterocycles. The summed E-state index contributed by atoms with van der Waals surface area (Å²) in [5.41, 5.74) is 2.95. The summed E-state index contributed by atoms with van der Waals surface area (Å²) in [6.07, 6.45) is 7.07. The van der Waals surface area contributed by atoms with E-state index < -0.39 is 5.82 Å². The van der Waals surface area contributed by atoms with Crippen molar-refractivity contribution in [3.63, 3.8) is 0 Å². The van der Waals surface area contributed by atoms with E-state index in [2.05, 4.69) is 13.0 Å². The molecular weight excluding hydrogens is 639 g/mol. The van der Waals surface area contributed by atoms with Gasteiger partial charge >= 0.3 is 31.1 Å². The van der Waals surface area contributed by atoms with Gasteiger partial charge in [-0.3, -0.25) is 4.79 Å². The number of halogens is 1. The van der Waals surface area contributed by atoms with Crippen LogP contribution in [0, 0.1) is 67.7 Å². The van der Waals surface area contributed by atoms with Crippen molar-refractivity contribution in [1.82, 2.24) is 4.90 Å². The average Bonchev–Trinajstić information content (AvgIpc) is 2.83. The number of hydrogen-bond acceptors (Lipinski definition) is 3. The second kappa shape index (κ2) is 12.2. The van der Waals surface area contributed by atoms with Gasteiger partial charge in [0.25, 0.3) is 5.91 Å². The Morgan fingerprint density at radius 3 is 2.70 bits per heavy atom. The van der Waals surface area contributed by atoms with E-state index in [9.17, 15) is 9.18 Å². The van der Waals surface area contributed by atoms with Crippen LogP contribution in [-0.4, -0.2) is 30.4 Å². The minimum Gasteiger partial charge on any atom is -0.360 e. The third-order valence-corrected chi connectivity index (χ3v) is 6.10. The number of rotatable bonds is 4. The van der Waals surface area contributed by atoms with Gasteiger partial charge in [0.1, 0.15) is 11.9 Å². The number of likely N-dealkylation sites (tertiary alicyclic amines) is 1. The molecule has 33 heavy (non-hydrogen) atoms. The largest absolute Gasteiger partial charge is 2.00 e. The molecule has 1 atom stereocenters. The molecular formula is C27H28FN3OU. The molecule has 0 radical (unpaired) electrons. The molecule has 2 aromatic carbocycles. The van der Waals surface area contributed by atoms with Gasteiger partial charge in [0.05, 0.1) is 5.56 Å². The number of nitrogens with zero attached hydrogens (tertiary/aromatic N) is 3. The molecule has 1 amide bonds. The molecule has 0 aliphatic carbocycles. The fraction of sp³-hybridized carbons (Fsp3) is 0.296. The van der Waals surface area contributed by atoms with Gasteiger partial charge in [0.2, 0.25) is 0 Å². The normalized spacial score (nSPS) is 17.7. The Kier molecular flexibility index (Phi) is 9.96. The summed E-state index contributed by atoms with van der Waals surface area (Å²) in [5, 5.41) is 9.07. The Hall–Kier alpha value is -2.34. The standard InChI is InChI=1S/C26H25FN3O.CH3.U/c1-2-19-7-6-13-29(18-19)26(31)21-12-14-30(23-8-4-3-5-9-23)25(16-21)20-10-11-22(17-28)24(27)15-20;;/h4-5,8-12,15-16,19H,2,6-7,13-14,18H2,1H3;1H3;/q2*-1;+2/t19-;;/m1../s1. The average molecular weight is 668 g/mol. The van der Waals surface area contributed by atoms with Gasteiger partial charge < -0.3 is 17.2 Å². The number of benzene rings is 2. The minimum atomic E-state index is -0.563. The van der Waals surface area contributed by atoms with Crippen LogP contribution in [0.1, 0.15) is 37.3 Å². The van der Waals surface area contributed by atoms with Gasteiger partial charge in [-0.05, 0) is 37.0 Å². The molecule has 2 heterocycles. The Morgan fingerprint density at radius 1 is 1.27 bits per heavy atom. The monoisotopic (exact) mass is 667 g/mol. The summed E-state index contributed by atoms with van der Waals surface area (Å²) in [6.45, 7) is 4.24. The van der Waals surface area contributed by atoms with Gasteiger partial charge in [0, 0.05) is 36.5 Å². The number of piperidine rings is 1. The molecule has 2 aromatic rings. The molecule has 0 bridgehead atoms. The quantitative estimate of drug-likeness (QED) is 0.412. The van der Waals surface area contributed by atoms with Crippen molar-refractivity contribution >= 4 is 17.3 Å². The zero-order valence-corrected chi connectivity index (χ0v) is 23.3. The zero-order chi connectivity index (χ0) is 21.8. The Balaban J connectivity index is 0.00000193. The van der Waals surface area contributed by atoms with Crippen LogP contribution < -0.4 is 4.90 Å². The van der Waals surface area contributed by atoms with Gasteiger partial charge in [-0.1, -0.05) is 31.2 Å². The maximum atomic E-state index is 14.4. The second-order valence-electron chi connectivity index (χ2n) is 8.03. The number of nitriles is 1. The topological polar surface area (TPSA) is 47.3 Å². The Labute approximate surface area is 220 Å². The van der Waals surface area contributed by atoms with Crippen molar-refractivity contribution in [3.05, 3.63) is 90.6 Å². The van der Waals surface area contributed by atoms with E-state index in [0.717, 1.165) is 37.3 Å². The fourth-order valence-corrected chi connectivity index (χ4v) is 4.29. The molecule has 0 saturated carbocycles. The summed E-state index contributed by atoms with van der Waals surface area (Å²) in [6, 6.07) is 17.0. The van der Waals surface area contributed by atoms with Gasteiger partial charge in [-0.15, -0.1) is 12.1 Å². The predicted octanol–water partition coefficient (Wildman–Crippen LogP) is 5.38. The second-order valence-corrected chi connectivity index (χ2v) is 8.03. The maximum Gasteiger partial charge on any atom is 2.00 e. The van der Waals surface area contributed by atoms with Crippen LogP contribution in [-0.2, 0) is 4.79 Å². The molecule has 6 heteroatoms. The van der Waals surface area contributed by atoms with Gasteiger partial charge in [-0.25, -0.2) is 4.39 Å². The molecule has 1 fully saturated rings. The summed E-state index contributed by atoms with van der Waals surface area (Å²) < 4.78 is 14.4. The van der Waals surface area contributed by atoms with Crippen molar-refractivity contribution in [1.29, 1.82) is 5.26 Å². The first-order valence-corrected chi connectivity index (χ1v) is 10.8. The number of carbonyl (C=O) groups excluding carboxylic acids is 1. The van der Waals surface area contributed by atoms with Crippen LogP contribution in [0.2, 0.25) is 0 Å². The summed E-state index contributed by atoms with van der Waals surface area (Å²) >= 11 is 0. The van der Waals surface area contributed by atoms with Crippen molar-refractivity contribution < 1.29 is 40.3 Å². The zero-order valence-electron chi connectivity index (χ0n) is 19.1. The van der Waals surface area contributed by atoms with E-state index in [4.69, 9.17) is 5.26 Å². The van der Waals surface area contributed by atoms with Crippen molar-refractivity contribution in [3.8, 4) is 6.07 Å². The smallest absolute Gasteiger partial charge is 0.360 e. The molecule has 1 saturated heterocycles. The van der Waals surface area contributed by atoms with Crippen molar-refractivity contribution in [2.75, 3.05) is 24.5 Å². The predicted molar refractivity (Wildman–Crippen MR) is 126 cm³/mol. The fourth-order valence-electron chi connectivity index (χ4n) is 4.29. The molecule has 0 aromatic heterocycles. The van der Waals surface area contributed by atoms with Crippen LogP contribution >= 0.6 is 0 Å². The summed E-state index contributed by atoms with van der Waals surface area (Å²) in [5.74, 6) is 0.0207. The molecule has 2 aliphatic rings. The number of carbonyl (C=O) groups is 1. The summed E-state index contributed by atoms with van der Waals surface area (Å²) in [7, 11) is 0. The molecule has 0 spiro atoms. The van der Waals surface area contributed by atoms with Gasteiger partial charge in [-0.2, -0.15) is 23.5 Å². The first-order valence-electron chi connectivity index (χ1n) is 10.8. The SMILES string of the molecule is CC[C@@H]1CCCN(C(=O)C2=CCN(c3cc[c-]cc3)C(c3ccc(C#N)c(F)c3)=C2)C1.[CH3-].[U+2]. The number of anilines is 1. The molecule has 0 N–H and O–H groups in total. The Bertz CT molecular complexity index is 1070. The third kappa shape index (κ3) is 5.97. The van der Waals surface area contributed by atoms with Crippen LogP contribution in [0.5, 0.6) is 0 Å². The van der Waals surface area contributed by atoms with E-state index in [-0.39, 0.29) is 50.0 Å². The van der Waals surface area contributed by atoms with E-state index >= 15 is 0 Å². The molecule has 4 nitrogen and oxygen atoms in total.